The lowest BCUT2D eigenvalue weighted by molar-refractivity contribution is -0.143. The number of benzene rings is 4. The largest absolute Gasteiger partial charge is 0.514 e. The Hall–Kier alpha value is -6.63. The molecule has 1 heterocycles. The van der Waals surface area contributed by atoms with Crippen LogP contribution in [0.2, 0.25) is 0 Å². The molecule has 5 aromatic rings. The highest BCUT2D eigenvalue weighted by Gasteiger charge is 2.30. The molecule has 1 atom stereocenters. The molecular weight excluding hydrogens is 698 g/mol. The maximum Gasteiger partial charge on any atom is 0.514 e. The predicted octanol–water partition coefficient (Wildman–Crippen LogP) is 7.25. The zero-order valence-electron chi connectivity index (χ0n) is 29.9. The van der Waals surface area contributed by atoms with Gasteiger partial charge in [-0.25, -0.2) is 14.4 Å². The van der Waals surface area contributed by atoms with E-state index in [9.17, 15) is 29.1 Å². The number of rotatable bonds is 10. The molecule has 0 spiro atoms. The zero-order chi connectivity index (χ0) is 38.6. The number of carbonyl (C=O) groups excluding carboxylic acids is 4. The van der Waals surface area contributed by atoms with Crippen LogP contribution in [0.15, 0.2) is 100 Å². The average molecular weight is 736 g/mol. The van der Waals surface area contributed by atoms with Crippen molar-refractivity contribution in [3.63, 3.8) is 0 Å². The van der Waals surface area contributed by atoms with Gasteiger partial charge in [0.2, 0.25) is 5.43 Å². The fourth-order valence-electron chi connectivity index (χ4n) is 6.15. The Balaban J connectivity index is 1.04. The minimum Gasteiger partial charge on any atom is -0.507 e. The number of hydrogen-bond donors (Lipinski definition) is 2. The average Bonchev–Trinajstić information content (AvgIpc) is 3.45. The number of hydrogen-bond acceptors (Lipinski definition) is 12. The second-order valence-corrected chi connectivity index (χ2v) is 13.4. The number of esters is 2. The number of aromatic hydroxyl groups is 1. The van der Waals surface area contributed by atoms with Crippen LogP contribution in [0, 0.1) is 0 Å². The number of carbonyl (C=O) groups is 4. The number of ether oxygens (including phenoxy) is 5. The summed E-state index contributed by atoms with van der Waals surface area (Å²) >= 11 is 0. The van der Waals surface area contributed by atoms with Crippen LogP contribution in [0.25, 0.3) is 33.2 Å². The Morgan fingerprint density at radius 2 is 1.50 bits per heavy atom. The van der Waals surface area contributed by atoms with Crippen molar-refractivity contribution in [3.8, 4) is 39.5 Å². The molecule has 0 fully saturated rings. The Labute approximate surface area is 309 Å². The number of phenols is 1. The van der Waals surface area contributed by atoms with E-state index in [4.69, 9.17) is 28.1 Å². The van der Waals surface area contributed by atoms with E-state index < -0.39 is 47.0 Å². The van der Waals surface area contributed by atoms with Gasteiger partial charge in [-0.2, -0.15) is 0 Å². The summed E-state index contributed by atoms with van der Waals surface area (Å²) in [5.41, 5.74) is 3.35. The van der Waals surface area contributed by atoms with E-state index in [1.165, 1.54) is 43.7 Å². The van der Waals surface area contributed by atoms with Crippen molar-refractivity contribution in [1.29, 1.82) is 0 Å². The first-order chi connectivity index (χ1) is 25.8. The van der Waals surface area contributed by atoms with Gasteiger partial charge in [0.1, 0.15) is 52.7 Å². The Morgan fingerprint density at radius 3 is 2.13 bits per heavy atom. The lowest BCUT2D eigenvalue weighted by Crippen LogP contribution is -2.42. The summed E-state index contributed by atoms with van der Waals surface area (Å²) in [5, 5.41) is 13.0. The molecule has 0 bridgehead atoms. The van der Waals surface area contributed by atoms with Crippen LogP contribution < -0.4 is 20.2 Å². The summed E-state index contributed by atoms with van der Waals surface area (Å²) in [6.45, 7) is 5.05. The zero-order valence-corrected chi connectivity index (χ0v) is 29.9. The van der Waals surface area contributed by atoms with E-state index >= 15 is 0 Å². The maximum atomic E-state index is 13.3. The molecule has 0 unspecified atom stereocenters. The molecule has 0 saturated carbocycles. The van der Waals surface area contributed by atoms with Gasteiger partial charge >= 0.3 is 24.2 Å². The quantitative estimate of drug-likeness (QED) is 0.0637. The summed E-state index contributed by atoms with van der Waals surface area (Å²) in [5.74, 6) is -2.02. The normalized spacial score (nSPS) is 12.6. The van der Waals surface area contributed by atoms with Crippen molar-refractivity contribution in [3.05, 3.63) is 113 Å². The summed E-state index contributed by atoms with van der Waals surface area (Å²) in [7, 11) is 1.17. The Bertz CT molecular complexity index is 2240. The van der Waals surface area contributed by atoms with Crippen LogP contribution >= 0.6 is 0 Å². The van der Waals surface area contributed by atoms with Crippen LogP contribution in [0.4, 0.5) is 9.59 Å². The second kappa shape index (κ2) is 15.5. The molecule has 13 heteroatoms. The minimum absolute atomic E-state index is 0.0220. The number of amides is 1. The number of fused-ring (bicyclic) bond motifs is 4. The van der Waals surface area contributed by atoms with E-state index in [-0.39, 0.29) is 53.4 Å². The van der Waals surface area contributed by atoms with Crippen molar-refractivity contribution in [1.82, 2.24) is 5.32 Å². The van der Waals surface area contributed by atoms with Crippen LogP contribution in [-0.2, 0) is 23.8 Å². The van der Waals surface area contributed by atoms with Crippen LogP contribution in [0.5, 0.6) is 17.2 Å². The smallest absolute Gasteiger partial charge is 0.507 e. The van der Waals surface area contributed by atoms with Crippen LogP contribution in [0.1, 0.15) is 50.7 Å². The molecule has 1 aromatic heterocycles. The van der Waals surface area contributed by atoms with Crippen molar-refractivity contribution >= 4 is 35.2 Å². The summed E-state index contributed by atoms with van der Waals surface area (Å²) < 4.78 is 31.6. The molecule has 6 rings (SSSR count). The highest BCUT2D eigenvalue weighted by Crippen LogP contribution is 2.44. The fourth-order valence-corrected chi connectivity index (χ4v) is 6.15. The van der Waals surface area contributed by atoms with Crippen LogP contribution in [0.3, 0.4) is 0 Å². The van der Waals surface area contributed by atoms with Crippen molar-refractivity contribution in [2.24, 2.45) is 0 Å². The van der Waals surface area contributed by atoms with Gasteiger partial charge in [0, 0.05) is 24.5 Å². The molecule has 54 heavy (non-hydrogen) atoms. The Morgan fingerprint density at radius 1 is 0.852 bits per heavy atom. The molecule has 1 aliphatic carbocycles. The maximum absolute atomic E-state index is 13.3. The van der Waals surface area contributed by atoms with Crippen molar-refractivity contribution < 1.29 is 52.4 Å². The molecule has 0 saturated heterocycles. The molecule has 4 aromatic carbocycles. The third-order valence-electron chi connectivity index (χ3n) is 8.58. The van der Waals surface area contributed by atoms with Gasteiger partial charge in [-0.1, -0.05) is 60.7 Å². The first-order valence-electron chi connectivity index (χ1n) is 17.0. The van der Waals surface area contributed by atoms with E-state index in [1.54, 1.807) is 20.8 Å². The first kappa shape index (κ1) is 37.1. The standard InChI is InChI=1S/C41H37NO12/c1-41(2,3)54-40(48)53-25-19-33(43)36-34(20-25)50-21-30(37(36)45)23-13-15-24(16-14-23)52-35(44)18-17-32(38(46)49-4)42-39(47)51-22-31-28-11-7-5-9-26(28)27-10-6-8-12-29(27)31/h5-16,19-21,31-32,43H,17-18,22H2,1-4H3,(H,42,47)/t32-/m1/s1. The fraction of sp³-hybridized carbons (Fsp3) is 0.244. The third kappa shape index (κ3) is 8.36. The summed E-state index contributed by atoms with van der Waals surface area (Å²) in [4.78, 5) is 63.5. The molecular formula is C41H37NO12. The minimum atomic E-state index is -1.18. The first-order valence-corrected chi connectivity index (χ1v) is 17.0. The van der Waals surface area contributed by atoms with Gasteiger partial charge in [-0.3, -0.25) is 9.59 Å². The van der Waals surface area contributed by atoms with E-state index in [1.807, 2.05) is 48.5 Å². The highest BCUT2D eigenvalue weighted by atomic mass is 16.7. The van der Waals surface area contributed by atoms with E-state index in [2.05, 4.69) is 5.32 Å². The summed E-state index contributed by atoms with van der Waals surface area (Å²) in [6, 6.07) is 23.0. The van der Waals surface area contributed by atoms with Gasteiger partial charge in [0.25, 0.3) is 0 Å². The van der Waals surface area contributed by atoms with Gasteiger partial charge in [0.15, 0.2) is 0 Å². The van der Waals surface area contributed by atoms with Gasteiger partial charge in [-0.15, -0.1) is 0 Å². The van der Waals surface area contributed by atoms with E-state index in [0.29, 0.717) is 5.56 Å². The monoisotopic (exact) mass is 735 g/mol. The predicted molar refractivity (Wildman–Crippen MR) is 195 cm³/mol. The van der Waals surface area contributed by atoms with Gasteiger partial charge in [-0.05, 0) is 67.1 Å². The lowest BCUT2D eigenvalue weighted by atomic mass is 9.98. The lowest BCUT2D eigenvalue weighted by Gasteiger charge is -2.18. The molecule has 1 amide bonds. The molecule has 0 aliphatic heterocycles. The molecule has 0 radical (unpaired) electrons. The second-order valence-electron chi connectivity index (χ2n) is 13.4. The molecule has 278 valence electrons. The number of alkyl carbamates (subject to hydrolysis) is 1. The third-order valence-corrected chi connectivity index (χ3v) is 8.58. The van der Waals surface area contributed by atoms with Gasteiger partial charge < -0.3 is 38.5 Å². The SMILES string of the molecule is COC(=O)[C@@H](CCC(=O)Oc1ccc(-c2coc3cc(OC(=O)OC(C)(C)C)cc(O)c3c2=O)cc1)NC(=O)OCC1c2ccccc2-c2ccccc21. The topological polar surface area (TPSA) is 177 Å². The molecule has 2 N–H and O–H groups in total. The molecule has 1 aliphatic rings. The van der Waals surface area contributed by atoms with Crippen molar-refractivity contribution in [2.45, 2.75) is 51.2 Å². The molecule has 13 nitrogen and oxygen atoms in total. The van der Waals surface area contributed by atoms with E-state index in [0.717, 1.165) is 28.3 Å². The number of phenolic OH excluding ortho intramolecular Hbond substituents is 1. The summed E-state index contributed by atoms with van der Waals surface area (Å²) in [6.07, 6.45) is -1.01. The highest BCUT2D eigenvalue weighted by molar-refractivity contribution is 5.89. The van der Waals surface area contributed by atoms with Crippen molar-refractivity contribution in [2.75, 3.05) is 13.7 Å². The Kier molecular flexibility index (Phi) is 10.7. The number of methoxy groups -OCH3 is 1. The number of nitrogens with one attached hydrogen (secondary N) is 1. The van der Waals surface area contributed by atoms with Crippen LogP contribution in [-0.4, -0.2) is 54.7 Å². The van der Waals surface area contributed by atoms with Gasteiger partial charge in [0.05, 0.1) is 12.7 Å².